The van der Waals surface area contributed by atoms with E-state index in [-0.39, 0.29) is 6.10 Å². The molecule has 0 aliphatic heterocycles. The van der Waals surface area contributed by atoms with Gasteiger partial charge in [0.25, 0.3) is 0 Å². The van der Waals surface area contributed by atoms with Crippen molar-refractivity contribution in [3.05, 3.63) is 11.8 Å². The minimum Gasteiger partial charge on any atom is -0.475 e. The van der Waals surface area contributed by atoms with Gasteiger partial charge in [-0.2, -0.15) is 4.98 Å². The Kier molecular flexibility index (Phi) is 5.85. The molecule has 0 atom stereocenters. The fourth-order valence-corrected chi connectivity index (χ4v) is 1.52. The minimum atomic E-state index is 0.124. The van der Waals surface area contributed by atoms with Crippen LogP contribution in [0.15, 0.2) is 6.07 Å². The zero-order valence-corrected chi connectivity index (χ0v) is 12.0. The topological polar surface area (TPSA) is 50.3 Å². The zero-order chi connectivity index (χ0) is 13.5. The van der Waals surface area contributed by atoms with Crippen LogP contribution in [0.25, 0.3) is 0 Å². The second-order valence-corrected chi connectivity index (χ2v) is 4.59. The highest BCUT2D eigenvalue weighted by Crippen LogP contribution is 2.15. The van der Waals surface area contributed by atoms with E-state index in [9.17, 15) is 0 Å². The highest BCUT2D eigenvalue weighted by molar-refractivity contribution is 5.33. The minimum absolute atomic E-state index is 0.124. The van der Waals surface area contributed by atoms with Crippen LogP contribution in [0.1, 0.15) is 26.5 Å². The summed E-state index contributed by atoms with van der Waals surface area (Å²) in [6.07, 6.45) is 0.124. The Hall–Kier alpha value is -1.36. The van der Waals surface area contributed by atoms with E-state index >= 15 is 0 Å². The van der Waals surface area contributed by atoms with Crippen LogP contribution >= 0.6 is 0 Å². The summed E-state index contributed by atoms with van der Waals surface area (Å²) < 4.78 is 5.62. The molecule has 0 aromatic carbocycles. The number of ether oxygens (including phenoxy) is 1. The van der Waals surface area contributed by atoms with Crippen molar-refractivity contribution in [2.75, 3.05) is 31.6 Å². The predicted molar refractivity (Wildman–Crippen MR) is 74.3 cm³/mol. The van der Waals surface area contributed by atoms with Crippen molar-refractivity contribution in [1.29, 1.82) is 0 Å². The van der Waals surface area contributed by atoms with Gasteiger partial charge in [0.05, 0.1) is 6.10 Å². The summed E-state index contributed by atoms with van der Waals surface area (Å²) in [5.41, 5.74) is 0.922. The number of hydrogen-bond acceptors (Lipinski definition) is 5. The molecule has 0 aliphatic rings. The SMILES string of the molecule is CCNCCN(C)c1nc(C)cc(OC(C)C)n1. The summed E-state index contributed by atoms with van der Waals surface area (Å²) in [5.74, 6) is 1.35. The molecule has 1 aromatic heterocycles. The summed E-state index contributed by atoms with van der Waals surface area (Å²) in [4.78, 5) is 10.9. The van der Waals surface area contributed by atoms with E-state index in [1.165, 1.54) is 0 Å². The van der Waals surface area contributed by atoms with Gasteiger partial charge in [0.15, 0.2) is 0 Å². The number of anilines is 1. The van der Waals surface area contributed by atoms with E-state index in [1.807, 2.05) is 38.8 Å². The number of aryl methyl sites for hydroxylation is 1. The number of aromatic nitrogens is 2. The van der Waals surface area contributed by atoms with Crippen LogP contribution in [-0.4, -0.2) is 42.8 Å². The van der Waals surface area contributed by atoms with Crippen LogP contribution in [0.5, 0.6) is 5.88 Å². The van der Waals surface area contributed by atoms with Crippen molar-refractivity contribution in [1.82, 2.24) is 15.3 Å². The first-order chi connectivity index (χ1) is 8.52. The second kappa shape index (κ2) is 7.16. The largest absolute Gasteiger partial charge is 0.475 e. The third-order valence-electron chi connectivity index (χ3n) is 2.39. The van der Waals surface area contributed by atoms with Crippen molar-refractivity contribution in [2.45, 2.75) is 33.8 Å². The molecule has 18 heavy (non-hydrogen) atoms. The van der Waals surface area contributed by atoms with Gasteiger partial charge in [-0.05, 0) is 27.3 Å². The molecule has 1 aromatic rings. The Morgan fingerprint density at radius 1 is 1.39 bits per heavy atom. The maximum Gasteiger partial charge on any atom is 0.228 e. The molecule has 0 amide bonds. The van der Waals surface area contributed by atoms with Gasteiger partial charge in [0, 0.05) is 31.9 Å². The number of hydrogen-bond donors (Lipinski definition) is 1. The van der Waals surface area contributed by atoms with Gasteiger partial charge >= 0.3 is 0 Å². The van der Waals surface area contributed by atoms with E-state index in [0.29, 0.717) is 11.8 Å². The Morgan fingerprint density at radius 3 is 2.72 bits per heavy atom. The molecule has 0 saturated heterocycles. The predicted octanol–water partition coefficient (Wildman–Crippen LogP) is 1.62. The van der Waals surface area contributed by atoms with Gasteiger partial charge < -0.3 is 15.0 Å². The third-order valence-corrected chi connectivity index (χ3v) is 2.39. The van der Waals surface area contributed by atoms with Crippen molar-refractivity contribution >= 4 is 5.95 Å². The Labute approximate surface area is 110 Å². The first kappa shape index (κ1) is 14.7. The molecule has 1 rings (SSSR count). The lowest BCUT2D eigenvalue weighted by atomic mass is 10.4. The lowest BCUT2D eigenvalue weighted by Crippen LogP contribution is -2.30. The normalized spacial score (nSPS) is 10.8. The maximum atomic E-state index is 5.62. The highest BCUT2D eigenvalue weighted by Gasteiger charge is 2.08. The molecule has 0 saturated carbocycles. The molecule has 1 N–H and O–H groups in total. The van der Waals surface area contributed by atoms with Crippen LogP contribution in [0.4, 0.5) is 5.95 Å². The lowest BCUT2D eigenvalue weighted by Gasteiger charge is -2.18. The average molecular weight is 252 g/mol. The molecule has 5 nitrogen and oxygen atoms in total. The third kappa shape index (κ3) is 4.87. The lowest BCUT2D eigenvalue weighted by molar-refractivity contribution is 0.232. The Bertz CT molecular complexity index is 368. The van der Waals surface area contributed by atoms with Crippen molar-refractivity contribution in [2.24, 2.45) is 0 Å². The maximum absolute atomic E-state index is 5.62. The Morgan fingerprint density at radius 2 is 2.11 bits per heavy atom. The van der Waals surface area contributed by atoms with Gasteiger partial charge in [-0.1, -0.05) is 6.92 Å². The summed E-state index contributed by atoms with van der Waals surface area (Å²) in [6.45, 7) is 10.8. The van der Waals surface area contributed by atoms with E-state index in [2.05, 4.69) is 22.2 Å². The van der Waals surface area contributed by atoms with Crippen molar-refractivity contribution < 1.29 is 4.74 Å². The summed E-state index contributed by atoms with van der Waals surface area (Å²) in [5, 5.41) is 3.28. The standard InChI is InChI=1S/C13H24N4O/c1-6-14-7-8-17(5)13-15-11(4)9-12(16-13)18-10(2)3/h9-10,14H,6-8H2,1-5H3. The molecule has 0 unspecified atom stereocenters. The highest BCUT2D eigenvalue weighted by atomic mass is 16.5. The molecule has 0 bridgehead atoms. The van der Waals surface area contributed by atoms with Crippen LogP contribution < -0.4 is 15.0 Å². The average Bonchev–Trinajstić information content (AvgIpc) is 2.27. The molecular formula is C13H24N4O. The summed E-state index contributed by atoms with van der Waals surface area (Å²) >= 11 is 0. The molecule has 0 fully saturated rings. The second-order valence-electron chi connectivity index (χ2n) is 4.59. The summed E-state index contributed by atoms with van der Waals surface area (Å²) in [6, 6.07) is 1.86. The Balaban J connectivity index is 2.71. The zero-order valence-electron chi connectivity index (χ0n) is 12.0. The smallest absolute Gasteiger partial charge is 0.228 e. The molecule has 102 valence electrons. The fraction of sp³-hybridized carbons (Fsp3) is 0.692. The van der Waals surface area contributed by atoms with Gasteiger partial charge in [0.2, 0.25) is 11.8 Å². The molecule has 0 aliphatic carbocycles. The number of nitrogens with zero attached hydrogens (tertiary/aromatic N) is 3. The van der Waals surface area contributed by atoms with Gasteiger partial charge in [-0.3, -0.25) is 0 Å². The first-order valence-corrected chi connectivity index (χ1v) is 6.47. The quantitative estimate of drug-likeness (QED) is 0.747. The number of nitrogens with one attached hydrogen (secondary N) is 1. The molecule has 5 heteroatoms. The van der Waals surface area contributed by atoms with Crippen molar-refractivity contribution in [3.63, 3.8) is 0 Å². The van der Waals surface area contributed by atoms with Gasteiger partial charge in [-0.15, -0.1) is 0 Å². The van der Waals surface area contributed by atoms with Gasteiger partial charge in [-0.25, -0.2) is 4.98 Å². The van der Waals surface area contributed by atoms with Crippen LogP contribution in [0, 0.1) is 6.92 Å². The van der Waals surface area contributed by atoms with Gasteiger partial charge in [0.1, 0.15) is 0 Å². The number of rotatable bonds is 7. The monoisotopic (exact) mass is 252 g/mol. The molecule has 0 radical (unpaired) electrons. The van der Waals surface area contributed by atoms with Crippen molar-refractivity contribution in [3.8, 4) is 5.88 Å². The number of likely N-dealkylation sites (N-methyl/N-ethyl adjacent to an activating group) is 2. The van der Waals surface area contributed by atoms with E-state index in [0.717, 1.165) is 25.3 Å². The van der Waals surface area contributed by atoms with Crippen LogP contribution in [0.3, 0.4) is 0 Å². The van der Waals surface area contributed by atoms with E-state index < -0.39 is 0 Å². The summed E-state index contributed by atoms with van der Waals surface area (Å²) in [7, 11) is 1.99. The molecule has 0 spiro atoms. The van der Waals surface area contributed by atoms with E-state index in [1.54, 1.807) is 0 Å². The fourth-order valence-electron chi connectivity index (χ4n) is 1.52. The molecular weight excluding hydrogens is 228 g/mol. The molecule has 1 heterocycles. The van der Waals surface area contributed by atoms with E-state index in [4.69, 9.17) is 4.74 Å². The van der Waals surface area contributed by atoms with Crippen LogP contribution in [0.2, 0.25) is 0 Å². The first-order valence-electron chi connectivity index (χ1n) is 6.47. The van der Waals surface area contributed by atoms with Crippen LogP contribution in [-0.2, 0) is 0 Å².